The summed E-state index contributed by atoms with van der Waals surface area (Å²) >= 11 is 3.36. The number of halogens is 1. The Balaban J connectivity index is 1.31. The monoisotopic (exact) mass is 456 g/mol. The predicted molar refractivity (Wildman–Crippen MR) is 114 cm³/mol. The number of piperazine rings is 1. The van der Waals surface area contributed by atoms with Crippen LogP contribution in [0, 0.1) is 0 Å². The minimum atomic E-state index is -0.489. The molecule has 0 radical (unpaired) electrons. The van der Waals surface area contributed by atoms with Crippen molar-refractivity contribution in [3.63, 3.8) is 0 Å². The number of ketones is 1. The minimum Gasteiger partial charge on any atom is -0.325 e. The largest absolute Gasteiger partial charge is 0.325 e. The van der Waals surface area contributed by atoms with Crippen LogP contribution in [0.25, 0.3) is 0 Å². The molecule has 29 heavy (non-hydrogen) atoms. The van der Waals surface area contributed by atoms with E-state index in [1.807, 2.05) is 36.4 Å². The number of benzene rings is 2. The number of fused-ring (bicyclic) bond motifs is 1. The summed E-state index contributed by atoms with van der Waals surface area (Å²) in [6.45, 7) is 3.60. The van der Waals surface area contributed by atoms with Crippen molar-refractivity contribution in [2.24, 2.45) is 0 Å². The molecule has 2 aromatic rings. The van der Waals surface area contributed by atoms with E-state index < -0.39 is 11.7 Å². The molecule has 0 spiro atoms. The van der Waals surface area contributed by atoms with Crippen molar-refractivity contribution in [3.05, 3.63) is 58.6 Å². The highest BCUT2D eigenvalue weighted by atomic mass is 79.9. The Kier molecular flexibility index (Phi) is 5.75. The fraction of sp³-hybridized carbons (Fsp3) is 0.286. The number of para-hydroxylation sites is 1. The molecule has 1 fully saturated rings. The molecule has 4 rings (SSSR count). The number of rotatable bonds is 5. The molecule has 1 N–H and O–H groups in total. The van der Waals surface area contributed by atoms with Gasteiger partial charge in [-0.2, -0.15) is 0 Å². The first-order valence-electron chi connectivity index (χ1n) is 9.47. The molecule has 2 aliphatic rings. The molecule has 2 aromatic carbocycles. The smallest absolute Gasteiger partial charge is 0.300 e. The van der Waals surface area contributed by atoms with Crippen LogP contribution < -0.4 is 10.2 Å². The summed E-state index contributed by atoms with van der Waals surface area (Å²) in [7, 11) is 0. The summed E-state index contributed by atoms with van der Waals surface area (Å²) in [6, 6.07) is 14.8. The topological polar surface area (TPSA) is 73.0 Å². The Morgan fingerprint density at radius 2 is 1.62 bits per heavy atom. The quantitative estimate of drug-likeness (QED) is 0.698. The van der Waals surface area contributed by atoms with Gasteiger partial charge in [0.15, 0.2) is 0 Å². The zero-order valence-electron chi connectivity index (χ0n) is 15.8. The predicted octanol–water partition coefficient (Wildman–Crippen LogP) is 2.19. The van der Waals surface area contributed by atoms with E-state index in [0.717, 1.165) is 31.9 Å². The summed E-state index contributed by atoms with van der Waals surface area (Å²) in [6.07, 6.45) is 0. The maximum Gasteiger partial charge on any atom is 0.300 e. The fourth-order valence-corrected chi connectivity index (χ4v) is 4.19. The molecule has 2 heterocycles. The maximum atomic E-state index is 12.4. The van der Waals surface area contributed by atoms with Gasteiger partial charge in [-0.25, -0.2) is 0 Å². The van der Waals surface area contributed by atoms with Crippen molar-refractivity contribution in [2.75, 3.05) is 49.6 Å². The van der Waals surface area contributed by atoms with Gasteiger partial charge in [0.25, 0.3) is 5.78 Å². The number of carbonyl (C=O) groups excluding carboxylic acids is 3. The Labute approximate surface area is 177 Å². The zero-order chi connectivity index (χ0) is 20.4. The van der Waals surface area contributed by atoms with Crippen molar-refractivity contribution in [2.45, 2.75) is 0 Å². The molecule has 0 atom stereocenters. The van der Waals surface area contributed by atoms with Crippen LogP contribution in [-0.2, 0) is 9.59 Å². The Morgan fingerprint density at radius 3 is 2.34 bits per heavy atom. The molecule has 0 bridgehead atoms. The zero-order valence-corrected chi connectivity index (χ0v) is 17.4. The molecule has 2 amide bonds. The Morgan fingerprint density at radius 1 is 0.931 bits per heavy atom. The number of carbonyl (C=O) groups is 3. The lowest BCUT2D eigenvalue weighted by molar-refractivity contribution is -0.117. The number of hydrogen-bond donors (Lipinski definition) is 1. The molecular weight excluding hydrogens is 436 g/mol. The number of nitrogens with one attached hydrogen (secondary N) is 1. The molecule has 0 saturated carbocycles. The van der Waals surface area contributed by atoms with E-state index in [1.165, 1.54) is 0 Å². The first kappa shape index (κ1) is 19.8. The summed E-state index contributed by atoms with van der Waals surface area (Å²) in [5.74, 6) is -0.996. The van der Waals surface area contributed by atoms with Crippen molar-refractivity contribution in [3.8, 4) is 0 Å². The second kappa shape index (κ2) is 8.44. The van der Waals surface area contributed by atoms with Crippen LogP contribution in [0.15, 0.2) is 53.0 Å². The third-order valence-corrected chi connectivity index (χ3v) is 5.84. The average Bonchev–Trinajstić information content (AvgIpc) is 2.96. The van der Waals surface area contributed by atoms with Crippen molar-refractivity contribution < 1.29 is 14.4 Å². The Hall–Kier alpha value is -2.55. The van der Waals surface area contributed by atoms with Gasteiger partial charge in [0.1, 0.15) is 0 Å². The van der Waals surface area contributed by atoms with Gasteiger partial charge in [0, 0.05) is 36.3 Å². The molecule has 8 heteroatoms. The molecule has 150 valence electrons. The molecule has 0 aliphatic carbocycles. The van der Waals surface area contributed by atoms with E-state index in [1.54, 1.807) is 17.0 Å². The standard InChI is InChI=1S/C21H21BrN4O3/c22-16-7-4-8-17-19(16)20(28)21(29)26(17)14-25-11-9-24(10-12-25)13-18(27)23-15-5-2-1-3-6-15/h1-8H,9-14H2,(H,23,27). The second-order valence-electron chi connectivity index (χ2n) is 7.15. The molecule has 2 aliphatic heterocycles. The van der Waals surface area contributed by atoms with Gasteiger partial charge in [0.05, 0.1) is 24.5 Å². The molecule has 1 saturated heterocycles. The van der Waals surface area contributed by atoms with Gasteiger partial charge in [-0.3, -0.25) is 29.1 Å². The van der Waals surface area contributed by atoms with Crippen molar-refractivity contribution in [1.29, 1.82) is 0 Å². The molecule has 0 aromatic heterocycles. The van der Waals surface area contributed by atoms with Crippen LogP contribution in [-0.4, -0.2) is 66.8 Å². The van der Waals surface area contributed by atoms with Crippen LogP contribution >= 0.6 is 15.9 Å². The minimum absolute atomic E-state index is 0.0382. The number of Topliss-reactive ketones (excluding diaryl/α,β-unsaturated/α-hetero) is 1. The van der Waals surface area contributed by atoms with E-state index in [2.05, 4.69) is 31.0 Å². The summed E-state index contributed by atoms with van der Waals surface area (Å²) < 4.78 is 0.644. The highest BCUT2D eigenvalue weighted by molar-refractivity contribution is 9.10. The summed E-state index contributed by atoms with van der Waals surface area (Å²) in [4.78, 5) is 42.7. The van der Waals surface area contributed by atoms with Crippen molar-refractivity contribution in [1.82, 2.24) is 9.80 Å². The highest BCUT2D eigenvalue weighted by Crippen LogP contribution is 2.34. The Bertz CT molecular complexity index is 942. The van der Waals surface area contributed by atoms with Gasteiger partial charge in [-0.05, 0) is 40.2 Å². The van der Waals surface area contributed by atoms with Crippen LogP contribution in [0.5, 0.6) is 0 Å². The second-order valence-corrected chi connectivity index (χ2v) is 8.00. The number of anilines is 2. The number of hydrogen-bond acceptors (Lipinski definition) is 5. The van der Waals surface area contributed by atoms with Crippen LogP contribution in [0.4, 0.5) is 11.4 Å². The number of amides is 2. The fourth-order valence-electron chi connectivity index (χ4n) is 3.66. The van der Waals surface area contributed by atoms with Crippen LogP contribution in [0.2, 0.25) is 0 Å². The third kappa shape index (κ3) is 4.24. The van der Waals surface area contributed by atoms with E-state index in [4.69, 9.17) is 0 Å². The van der Waals surface area contributed by atoms with Crippen molar-refractivity contribution >= 4 is 44.9 Å². The molecular formula is C21H21BrN4O3. The molecule has 0 unspecified atom stereocenters. The first-order valence-corrected chi connectivity index (χ1v) is 10.3. The van der Waals surface area contributed by atoms with E-state index in [0.29, 0.717) is 28.9 Å². The van der Waals surface area contributed by atoms with Gasteiger partial charge in [0.2, 0.25) is 5.91 Å². The lowest BCUT2D eigenvalue weighted by Crippen LogP contribution is -2.52. The van der Waals surface area contributed by atoms with E-state index in [-0.39, 0.29) is 5.91 Å². The van der Waals surface area contributed by atoms with Gasteiger partial charge in [-0.1, -0.05) is 24.3 Å². The van der Waals surface area contributed by atoms with Gasteiger partial charge in [-0.15, -0.1) is 0 Å². The summed E-state index contributed by atoms with van der Waals surface area (Å²) in [5, 5.41) is 2.90. The van der Waals surface area contributed by atoms with E-state index in [9.17, 15) is 14.4 Å². The first-order chi connectivity index (χ1) is 14.0. The van der Waals surface area contributed by atoms with E-state index >= 15 is 0 Å². The number of nitrogens with zero attached hydrogens (tertiary/aromatic N) is 3. The highest BCUT2D eigenvalue weighted by Gasteiger charge is 2.38. The maximum absolute atomic E-state index is 12.4. The van der Waals surface area contributed by atoms with Gasteiger partial charge < -0.3 is 5.32 Å². The SMILES string of the molecule is O=C(CN1CCN(CN2C(=O)C(=O)c3c(Br)cccc32)CC1)Nc1ccccc1. The lowest BCUT2D eigenvalue weighted by atomic mass is 10.1. The van der Waals surface area contributed by atoms with Crippen LogP contribution in [0.3, 0.4) is 0 Å². The van der Waals surface area contributed by atoms with Crippen LogP contribution in [0.1, 0.15) is 10.4 Å². The van der Waals surface area contributed by atoms with Gasteiger partial charge >= 0.3 is 5.91 Å². The third-order valence-electron chi connectivity index (χ3n) is 5.18. The summed E-state index contributed by atoms with van der Waals surface area (Å²) in [5.41, 5.74) is 1.88. The average molecular weight is 457 g/mol. The lowest BCUT2D eigenvalue weighted by Gasteiger charge is -2.36. The normalized spacial score (nSPS) is 17.5. The molecule has 7 nitrogen and oxygen atoms in total.